The van der Waals surface area contributed by atoms with Crippen LogP contribution in [-0.2, 0) is 10.0 Å². The Morgan fingerprint density at radius 3 is 2.96 bits per heavy atom. The molecule has 1 atom stereocenters. The number of nitrogens with one attached hydrogen (secondary N) is 1. The van der Waals surface area contributed by atoms with Gasteiger partial charge in [-0.3, -0.25) is 0 Å². The summed E-state index contributed by atoms with van der Waals surface area (Å²) in [6, 6.07) is 1.98. The summed E-state index contributed by atoms with van der Waals surface area (Å²) in [5.41, 5.74) is 2.53. The van der Waals surface area contributed by atoms with E-state index in [2.05, 4.69) is 15.0 Å². The van der Waals surface area contributed by atoms with Crippen molar-refractivity contribution in [1.82, 2.24) is 24.2 Å². The lowest BCUT2D eigenvalue weighted by Crippen LogP contribution is -2.38. The largest absolute Gasteiger partial charge is 0.346 e. The molecule has 0 bridgehead atoms. The van der Waals surface area contributed by atoms with Crippen molar-refractivity contribution >= 4 is 32.0 Å². The van der Waals surface area contributed by atoms with Crippen molar-refractivity contribution in [3.05, 3.63) is 30.0 Å². The summed E-state index contributed by atoms with van der Waals surface area (Å²) in [4.78, 5) is 16.7. The molecule has 3 aromatic rings. The highest BCUT2D eigenvalue weighted by molar-refractivity contribution is 7.88. The maximum absolute atomic E-state index is 11.9. The van der Waals surface area contributed by atoms with Crippen LogP contribution in [0, 0.1) is 6.92 Å². The van der Waals surface area contributed by atoms with Crippen LogP contribution in [0.25, 0.3) is 21.9 Å². The minimum atomic E-state index is -3.19. The molecule has 7 nitrogen and oxygen atoms in total. The Balaban J connectivity index is 1.90. The molecular formula is C16H19N5O2S. The summed E-state index contributed by atoms with van der Waals surface area (Å²) in [7, 11) is -3.19. The first kappa shape index (κ1) is 15.5. The molecule has 3 aromatic heterocycles. The number of H-pyrrole nitrogens is 1. The highest BCUT2D eigenvalue weighted by atomic mass is 32.2. The van der Waals surface area contributed by atoms with E-state index in [4.69, 9.17) is 4.98 Å². The van der Waals surface area contributed by atoms with E-state index in [-0.39, 0.29) is 5.92 Å². The molecule has 0 saturated carbocycles. The van der Waals surface area contributed by atoms with Crippen LogP contribution >= 0.6 is 0 Å². The van der Waals surface area contributed by atoms with Crippen LogP contribution in [-0.4, -0.2) is 52.0 Å². The summed E-state index contributed by atoms with van der Waals surface area (Å²) >= 11 is 0. The molecule has 1 fully saturated rings. The second kappa shape index (κ2) is 5.49. The van der Waals surface area contributed by atoms with E-state index in [0.717, 1.165) is 40.5 Å². The lowest BCUT2D eigenvalue weighted by Gasteiger charge is -2.31. The van der Waals surface area contributed by atoms with Crippen molar-refractivity contribution in [2.24, 2.45) is 0 Å². The van der Waals surface area contributed by atoms with Crippen molar-refractivity contribution in [3.63, 3.8) is 0 Å². The minimum Gasteiger partial charge on any atom is -0.346 e. The third kappa shape index (κ3) is 2.55. The molecule has 4 heterocycles. The van der Waals surface area contributed by atoms with Gasteiger partial charge in [-0.25, -0.2) is 27.7 Å². The molecule has 8 heteroatoms. The highest BCUT2D eigenvalue weighted by Crippen LogP contribution is 2.34. The van der Waals surface area contributed by atoms with E-state index in [1.54, 1.807) is 10.5 Å². The molecule has 0 radical (unpaired) electrons. The van der Waals surface area contributed by atoms with E-state index in [1.165, 1.54) is 6.26 Å². The number of piperidine rings is 1. The Hall–Kier alpha value is -2.06. The third-order valence-corrected chi connectivity index (χ3v) is 5.90. The summed E-state index contributed by atoms with van der Waals surface area (Å²) in [6.07, 6.45) is 6.64. The normalized spacial score (nSPS) is 20.0. The predicted octanol–water partition coefficient (Wildman–Crippen LogP) is 1.95. The molecular weight excluding hydrogens is 326 g/mol. The molecule has 0 spiro atoms. The molecule has 1 aliphatic rings. The molecule has 0 amide bonds. The van der Waals surface area contributed by atoms with Gasteiger partial charge in [-0.1, -0.05) is 0 Å². The van der Waals surface area contributed by atoms with Gasteiger partial charge in [-0.05, 0) is 25.8 Å². The van der Waals surface area contributed by atoms with E-state index >= 15 is 0 Å². The van der Waals surface area contributed by atoms with Crippen molar-refractivity contribution in [1.29, 1.82) is 0 Å². The van der Waals surface area contributed by atoms with Gasteiger partial charge in [0.1, 0.15) is 11.5 Å². The summed E-state index contributed by atoms with van der Waals surface area (Å²) in [5, 5.41) is 1.96. The zero-order valence-electron chi connectivity index (χ0n) is 13.7. The number of hydrogen-bond acceptors (Lipinski definition) is 5. The molecule has 0 aromatic carbocycles. The number of aryl methyl sites for hydroxylation is 1. The van der Waals surface area contributed by atoms with Gasteiger partial charge in [0, 0.05) is 36.0 Å². The summed E-state index contributed by atoms with van der Waals surface area (Å²) < 4.78 is 25.4. The molecule has 1 unspecified atom stereocenters. The Labute approximate surface area is 140 Å². The SMILES string of the molecule is Cc1nc(C2CCCN(S(C)(=O)=O)C2)c2c(cnc3[nH]ccc32)n1. The smallest absolute Gasteiger partial charge is 0.211 e. The number of fused-ring (bicyclic) bond motifs is 3. The average molecular weight is 345 g/mol. The molecule has 126 valence electrons. The Kier molecular flexibility index (Phi) is 3.54. The second-order valence-electron chi connectivity index (χ2n) is 6.37. The molecule has 1 saturated heterocycles. The fraction of sp³-hybridized carbons (Fsp3) is 0.438. The Morgan fingerprint density at radius 1 is 1.33 bits per heavy atom. The van der Waals surface area contributed by atoms with Gasteiger partial charge in [0.15, 0.2) is 0 Å². The van der Waals surface area contributed by atoms with Crippen molar-refractivity contribution in [3.8, 4) is 0 Å². The predicted molar refractivity (Wildman–Crippen MR) is 92.3 cm³/mol. The molecule has 1 N–H and O–H groups in total. The van der Waals surface area contributed by atoms with E-state index in [1.807, 2.05) is 19.2 Å². The number of nitrogens with zero attached hydrogens (tertiary/aromatic N) is 4. The number of aromatic nitrogens is 4. The monoisotopic (exact) mass is 345 g/mol. The van der Waals surface area contributed by atoms with Crippen molar-refractivity contribution in [2.75, 3.05) is 19.3 Å². The van der Waals surface area contributed by atoms with Crippen molar-refractivity contribution in [2.45, 2.75) is 25.7 Å². The quantitative estimate of drug-likeness (QED) is 0.766. The number of aromatic amines is 1. The maximum Gasteiger partial charge on any atom is 0.211 e. The zero-order valence-corrected chi connectivity index (χ0v) is 14.5. The average Bonchev–Trinajstić information content (AvgIpc) is 3.02. The van der Waals surface area contributed by atoms with Crippen LogP contribution in [0.3, 0.4) is 0 Å². The third-order valence-electron chi connectivity index (χ3n) is 4.63. The van der Waals surface area contributed by atoms with E-state index in [9.17, 15) is 8.42 Å². The fourth-order valence-electron chi connectivity index (χ4n) is 3.54. The van der Waals surface area contributed by atoms with E-state index < -0.39 is 10.0 Å². The molecule has 24 heavy (non-hydrogen) atoms. The van der Waals surface area contributed by atoms with E-state index in [0.29, 0.717) is 18.9 Å². The van der Waals surface area contributed by atoms with Crippen LogP contribution < -0.4 is 0 Å². The fourth-order valence-corrected chi connectivity index (χ4v) is 4.45. The summed E-state index contributed by atoms with van der Waals surface area (Å²) in [6.45, 7) is 2.92. The highest BCUT2D eigenvalue weighted by Gasteiger charge is 2.29. The van der Waals surface area contributed by atoms with Gasteiger partial charge in [-0.2, -0.15) is 0 Å². The van der Waals surface area contributed by atoms with Crippen LogP contribution in [0.4, 0.5) is 0 Å². The van der Waals surface area contributed by atoms with Crippen molar-refractivity contribution < 1.29 is 8.42 Å². The first-order valence-electron chi connectivity index (χ1n) is 7.99. The second-order valence-corrected chi connectivity index (χ2v) is 8.36. The lowest BCUT2D eigenvalue weighted by atomic mass is 9.92. The molecule has 0 aliphatic carbocycles. The Bertz CT molecular complexity index is 1030. The maximum atomic E-state index is 11.9. The van der Waals surface area contributed by atoms with Gasteiger partial charge in [0.2, 0.25) is 10.0 Å². The van der Waals surface area contributed by atoms with Crippen LogP contribution in [0.1, 0.15) is 30.3 Å². The lowest BCUT2D eigenvalue weighted by molar-refractivity contribution is 0.315. The van der Waals surface area contributed by atoms with Crippen LogP contribution in [0.2, 0.25) is 0 Å². The zero-order chi connectivity index (χ0) is 16.9. The van der Waals surface area contributed by atoms with Gasteiger partial charge >= 0.3 is 0 Å². The number of rotatable bonds is 2. The van der Waals surface area contributed by atoms with Crippen LogP contribution in [0.5, 0.6) is 0 Å². The first-order valence-corrected chi connectivity index (χ1v) is 9.84. The number of hydrogen-bond donors (Lipinski definition) is 1. The summed E-state index contributed by atoms with van der Waals surface area (Å²) in [5.74, 6) is 0.754. The van der Waals surface area contributed by atoms with Gasteiger partial charge in [-0.15, -0.1) is 0 Å². The number of pyridine rings is 1. The van der Waals surface area contributed by atoms with Gasteiger partial charge in [0.05, 0.1) is 23.7 Å². The minimum absolute atomic E-state index is 0.0678. The first-order chi connectivity index (χ1) is 11.4. The number of sulfonamides is 1. The standard InChI is InChI=1S/C16H19N5O2S/c1-10-19-13-8-18-16-12(5-6-17-16)14(13)15(20-10)11-4-3-7-21(9-11)24(2,22)23/h5-6,8,11H,3-4,7,9H2,1-2H3,(H,17,18). The van der Waals surface area contributed by atoms with Crippen LogP contribution in [0.15, 0.2) is 18.5 Å². The molecule has 1 aliphatic heterocycles. The topological polar surface area (TPSA) is 91.8 Å². The van der Waals surface area contributed by atoms with Gasteiger partial charge in [0.25, 0.3) is 0 Å². The molecule has 4 rings (SSSR count). The Morgan fingerprint density at radius 2 is 2.17 bits per heavy atom. The van der Waals surface area contributed by atoms with Gasteiger partial charge < -0.3 is 4.98 Å².